The quantitative estimate of drug-likeness (QED) is 0.898. The lowest BCUT2D eigenvalue weighted by Gasteiger charge is -2.25. The van der Waals surface area contributed by atoms with Crippen molar-refractivity contribution in [1.29, 1.82) is 0 Å². The van der Waals surface area contributed by atoms with Crippen molar-refractivity contribution in [2.24, 2.45) is 0 Å². The van der Waals surface area contributed by atoms with Crippen molar-refractivity contribution < 1.29 is 8.42 Å². The normalized spacial score (nSPS) is 26.0. The van der Waals surface area contributed by atoms with E-state index in [2.05, 4.69) is 24.2 Å². The summed E-state index contributed by atoms with van der Waals surface area (Å²) in [5.41, 5.74) is 2.36. The number of hydrogen-bond acceptors (Lipinski definition) is 4. The summed E-state index contributed by atoms with van der Waals surface area (Å²) in [7, 11) is -1.34. The lowest BCUT2D eigenvalue weighted by atomic mass is 9.89. The molecule has 2 aliphatic heterocycles. The molecule has 0 spiro atoms. The number of hydrogen-bond donors (Lipinski definition) is 1. The van der Waals surface area contributed by atoms with Crippen molar-refractivity contribution in [3.63, 3.8) is 0 Å². The van der Waals surface area contributed by atoms with E-state index in [4.69, 9.17) is 0 Å². The number of rotatable bonds is 2. The van der Waals surface area contributed by atoms with Crippen LogP contribution in [0.4, 0.5) is 5.69 Å². The number of nitrogens with one attached hydrogen (secondary N) is 1. The topological polar surface area (TPSA) is 49.4 Å². The molecule has 2 aromatic carbocycles. The molecule has 2 aromatic rings. The van der Waals surface area contributed by atoms with E-state index < -0.39 is 9.84 Å². The first-order chi connectivity index (χ1) is 12.0. The molecule has 1 saturated heterocycles. The van der Waals surface area contributed by atoms with Crippen LogP contribution in [-0.2, 0) is 9.84 Å². The van der Waals surface area contributed by atoms with E-state index in [0.717, 1.165) is 19.4 Å². The van der Waals surface area contributed by atoms with Crippen LogP contribution in [-0.4, -0.2) is 34.1 Å². The molecular formula is C20H24N2O2S. The van der Waals surface area contributed by atoms with Gasteiger partial charge in [-0.3, -0.25) is 0 Å². The van der Waals surface area contributed by atoms with Crippen LogP contribution in [0.3, 0.4) is 0 Å². The van der Waals surface area contributed by atoms with E-state index in [0.29, 0.717) is 27.8 Å². The van der Waals surface area contributed by atoms with Gasteiger partial charge in [-0.05, 0) is 62.2 Å². The minimum atomic E-state index is -3.47. The molecule has 3 atom stereocenters. The zero-order valence-corrected chi connectivity index (χ0v) is 15.5. The van der Waals surface area contributed by atoms with Crippen molar-refractivity contribution >= 4 is 15.5 Å². The van der Waals surface area contributed by atoms with E-state index in [-0.39, 0.29) is 0 Å². The predicted molar refractivity (Wildman–Crippen MR) is 100.0 cm³/mol. The smallest absolute Gasteiger partial charge is 0.206 e. The molecule has 0 aliphatic carbocycles. The van der Waals surface area contributed by atoms with E-state index >= 15 is 0 Å². The minimum absolute atomic E-state index is 0.355. The highest BCUT2D eigenvalue weighted by atomic mass is 32.2. The number of anilines is 1. The van der Waals surface area contributed by atoms with Crippen LogP contribution in [0.2, 0.25) is 0 Å². The lowest BCUT2D eigenvalue weighted by molar-refractivity contribution is 0.496. The van der Waals surface area contributed by atoms with Gasteiger partial charge >= 0.3 is 0 Å². The molecule has 0 aromatic heterocycles. The molecule has 2 aliphatic rings. The second-order valence-electron chi connectivity index (χ2n) is 7.20. The maximum Gasteiger partial charge on any atom is 0.206 e. The van der Waals surface area contributed by atoms with Crippen LogP contribution in [0.25, 0.3) is 0 Å². The van der Waals surface area contributed by atoms with Gasteiger partial charge in [0.05, 0.1) is 9.79 Å². The Hall–Kier alpha value is -1.85. The van der Waals surface area contributed by atoms with Crippen molar-refractivity contribution in [3.05, 3.63) is 54.1 Å². The average Bonchev–Trinajstić information content (AvgIpc) is 2.76. The van der Waals surface area contributed by atoms with Crippen LogP contribution in [0.1, 0.15) is 31.2 Å². The standard InChI is InChI=1S/C20H24N2O2S/c1-14-12-17-18-13-16(25(23,24)15-6-4-3-5-7-15)8-9-19(18)22(2)20(17)10-11-21-14/h3-9,13-14,17,20-21H,10-12H2,1-2H3/t14?,17-,20?/m1/s1. The van der Waals surface area contributed by atoms with Gasteiger partial charge in [0.15, 0.2) is 0 Å². The molecule has 4 rings (SSSR count). The van der Waals surface area contributed by atoms with Crippen molar-refractivity contribution in [1.82, 2.24) is 5.32 Å². The highest BCUT2D eigenvalue weighted by Crippen LogP contribution is 2.45. The second-order valence-corrected chi connectivity index (χ2v) is 9.15. The highest BCUT2D eigenvalue weighted by molar-refractivity contribution is 7.91. The molecule has 4 nitrogen and oxygen atoms in total. The number of sulfone groups is 1. The van der Waals surface area contributed by atoms with Gasteiger partial charge in [-0.2, -0.15) is 0 Å². The summed E-state index contributed by atoms with van der Waals surface area (Å²) in [4.78, 5) is 3.09. The van der Waals surface area contributed by atoms with Gasteiger partial charge in [0.2, 0.25) is 9.84 Å². The molecular weight excluding hydrogens is 332 g/mol. The van der Waals surface area contributed by atoms with Crippen LogP contribution in [0.15, 0.2) is 58.3 Å². The second kappa shape index (κ2) is 6.15. The molecule has 2 heterocycles. The minimum Gasteiger partial charge on any atom is -0.371 e. The van der Waals surface area contributed by atoms with Crippen molar-refractivity contribution in [3.8, 4) is 0 Å². The third-order valence-electron chi connectivity index (χ3n) is 5.64. The molecule has 0 radical (unpaired) electrons. The Balaban J connectivity index is 1.78. The van der Waals surface area contributed by atoms with Gasteiger partial charge < -0.3 is 10.2 Å². The monoisotopic (exact) mass is 356 g/mol. The Morgan fingerprint density at radius 2 is 1.84 bits per heavy atom. The summed E-state index contributed by atoms with van der Waals surface area (Å²) in [5, 5.41) is 3.55. The molecule has 1 N–H and O–H groups in total. The van der Waals surface area contributed by atoms with Gasteiger partial charge in [0.25, 0.3) is 0 Å². The summed E-state index contributed by atoms with van der Waals surface area (Å²) < 4.78 is 26.0. The number of likely N-dealkylation sites (N-methyl/N-ethyl adjacent to an activating group) is 1. The number of benzene rings is 2. The SMILES string of the molecule is CC1C[C@@H]2c3cc(S(=O)(=O)c4ccccc4)ccc3N(C)C2CCN1. The fourth-order valence-electron chi connectivity index (χ4n) is 4.33. The largest absolute Gasteiger partial charge is 0.371 e. The fourth-order valence-corrected chi connectivity index (χ4v) is 5.65. The van der Waals surface area contributed by atoms with Crippen LogP contribution >= 0.6 is 0 Å². The third-order valence-corrected chi connectivity index (χ3v) is 7.41. The van der Waals surface area contributed by atoms with Crippen LogP contribution in [0.5, 0.6) is 0 Å². The molecule has 0 amide bonds. The Kier molecular flexibility index (Phi) is 4.08. The summed E-state index contributed by atoms with van der Waals surface area (Å²) in [6.45, 7) is 3.22. The van der Waals surface area contributed by atoms with Crippen LogP contribution < -0.4 is 10.2 Å². The average molecular weight is 356 g/mol. The molecule has 132 valence electrons. The first kappa shape index (κ1) is 16.6. The van der Waals surface area contributed by atoms with Gasteiger partial charge in [-0.15, -0.1) is 0 Å². The van der Waals surface area contributed by atoms with Crippen molar-refractivity contribution in [2.75, 3.05) is 18.5 Å². The number of fused-ring (bicyclic) bond motifs is 3. The highest BCUT2D eigenvalue weighted by Gasteiger charge is 2.39. The molecule has 5 heteroatoms. The van der Waals surface area contributed by atoms with Gasteiger partial charge in [0.1, 0.15) is 0 Å². The summed E-state index contributed by atoms with van der Waals surface area (Å²) in [5.74, 6) is 0.385. The summed E-state index contributed by atoms with van der Waals surface area (Å²) in [6.07, 6.45) is 2.12. The maximum atomic E-state index is 13.0. The van der Waals surface area contributed by atoms with Crippen LogP contribution in [0, 0.1) is 0 Å². The first-order valence-electron chi connectivity index (χ1n) is 8.89. The first-order valence-corrected chi connectivity index (χ1v) is 10.4. The molecule has 0 saturated carbocycles. The van der Waals surface area contributed by atoms with E-state index in [1.54, 1.807) is 30.3 Å². The van der Waals surface area contributed by atoms with E-state index in [9.17, 15) is 8.42 Å². The van der Waals surface area contributed by atoms with Gasteiger partial charge in [-0.25, -0.2) is 8.42 Å². The Bertz CT molecular complexity index is 880. The molecule has 2 unspecified atom stereocenters. The molecule has 25 heavy (non-hydrogen) atoms. The van der Waals surface area contributed by atoms with Gasteiger partial charge in [-0.1, -0.05) is 18.2 Å². The Morgan fingerprint density at radius 1 is 1.08 bits per heavy atom. The third kappa shape index (κ3) is 2.75. The predicted octanol–water partition coefficient (Wildman–Crippen LogP) is 3.19. The Labute approximate surface area is 149 Å². The van der Waals surface area contributed by atoms with Gasteiger partial charge in [0, 0.05) is 30.7 Å². The fraction of sp³-hybridized carbons (Fsp3) is 0.400. The molecule has 1 fully saturated rings. The summed E-state index contributed by atoms with van der Waals surface area (Å²) >= 11 is 0. The maximum absolute atomic E-state index is 13.0. The lowest BCUT2D eigenvalue weighted by Crippen LogP contribution is -2.31. The van der Waals surface area contributed by atoms with Crippen molar-refractivity contribution in [2.45, 2.75) is 47.6 Å². The molecule has 0 bridgehead atoms. The number of nitrogens with zero attached hydrogens (tertiary/aromatic N) is 1. The zero-order valence-electron chi connectivity index (χ0n) is 14.6. The van der Waals surface area contributed by atoms with E-state index in [1.165, 1.54) is 11.3 Å². The summed E-state index contributed by atoms with van der Waals surface area (Å²) in [6, 6.07) is 15.2. The zero-order chi connectivity index (χ0) is 17.6. The van der Waals surface area contributed by atoms with E-state index in [1.807, 2.05) is 18.2 Å². The Morgan fingerprint density at radius 3 is 2.60 bits per heavy atom.